The maximum atomic E-state index is 12.2. The molecule has 0 heterocycles. The van der Waals surface area contributed by atoms with Gasteiger partial charge in [-0.3, -0.25) is 9.59 Å². The first kappa shape index (κ1) is 29.0. The molecule has 3 aromatic rings. The van der Waals surface area contributed by atoms with Gasteiger partial charge in [0.15, 0.2) is 11.5 Å². The number of rotatable bonds is 13. The minimum Gasteiger partial charge on any atom is -0.494 e. The van der Waals surface area contributed by atoms with Crippen molar-refractivity contribution in [1.29, 1.82) is 0 Å². The third-order valence-electron chi connectivity index (χ3n) is 5.09. The summed E-state index contributed by atoms with van der Waals surface area (Å²) in [4.78, 5) is 24.3. The van der Waals surface area contributed by atoms with Crippen LogP contribution in [0.5, 0.6) is 17.2 Å². The molecular weight excluding hydrogens is 574 g/mol. The van der Waals surface area contributed by atoms with Crippen LogP contribution in [0.2, 0.25) is 5.02 Å². The van der Waals surface area contributed by atoms with Crippen LogP contribution in [0.15, 0.2) is 70.2 Å². The molecule has 2 N–H and O–H groups in total. The quantitative estimate of drug-likeness (QED) is 0.176. The van der Waals surface area contributed by atoms with E-state index in [1.807, 2.05) is 32.0 Å². The van der Waals surface area contributed by atoms with E-state index in [0.29, 0.717) is 45.5 Å². The Labute approximate surface area is 235 Å². The maximum absolute atomic E-state index is 12.2. The Balaban J connectivity index is 1.52. The van der Waals surface area contributed by atoms with E-state index >= 15 is 0 Å². The number of anilines is 1. The van der Waals surface area contributed by atoms with Crippen LogP contribution in [0.25, 0.3) is 0 Å². The fourth-order valence-corrected chi connectivity index (χ4v) is 4.08. The van der Waals surface area contributed by atoms with Gasteiger partial charge in [-0.15, -0.1) is 0 Å². The smallest absolute Gasteiger partial charge is 0.240 e. The molecule has 0 bridgehead atoms. The number of nitrogens with zero attached hydrogens (tertiary/aromatic N) is 1. The Kier molecular flexibility index (Phi) is 11.4. The first-order valence-corrected chi connectivity index (χ1v) is 13.2. The largest absolute Gasteiger partial charge is 0.494 e. The fraction of sp³-hybridized carbons (Fsp3) is 0.250. The van der Waals surface area contributed by atoms with Crippen LogP contribution in [-0.2, 0) is 16.2 Å². The number of carbonyl (C=O) groups is 2. The molecular formula is C28H29BrClN3O5. The van der Waals surface area contributed by atoms with Crippen molar-refractivity contribution in [3.8, 4) is 17.2 Å². The molecule has 2 amide bonds. The lowest BCUT2D eigenvalue weighted by atomic mass is 10.2. The van der Waals surface area contributed by atoms with Crippen LogP contribution in [-0.4, -0.2) is 31.2 Å². The molecule has 38 heavy (non-hydrogen) atoms. The van der Waals surface area contributed by atoms with Crippen LogP contribution in [0.1, 0.15) is 37.8 Å². The average Bonchev–Trinajstić information content (AvgIpc) is 2.89. The lowest BCUT2D eigenvalue weighted by molar-refractivity contribution is -0.124. The predicted molar refractivity (Wildman–Crippen MR) is 152 cm³/mol. The molecule has 3 rings (SSSR count). The molecule has 10 heteroatoms. The highest BCUT2D eigenvalue weighted by atomic mass is 79.9. The average molecular weight is 603 g/mol. The van der Waals surface area contributed by atoms with E-state index in [0.717, 1.165) is 11.3 Å². The van der Waals surface area contributed by atoms with Gasteiger partial charge < -0.3 is 19.5 Å². The standard InChI is InChI=1S/C28H29BrClN3O5/c1-3-36-22-11-9-21(10-12-22)32-26(34)13-14-27(35)33-31-17-19-15-23(29)28(25(16-19)37-4-2)38-18-20-7-5-6-8-24(20)30/h5-12,15-17H,3-4,13-14,18H2,1-2H3,(H,32,34)(H,33,35). The molecule has 8 nitrogen and oxygen atoms in total. The third kappa shape index (κ3) is 9.08. The number of hydrazone groups is 1. The molecule has 0 aromatic heterocycles. The van der Waals surface area contributed by atoms with Gasteiger partial charge in [-0.1, -0.05) is 29.8 Å². The number of hydrogen-bond acceptors (Lipinski definition) is 6. The molecule has 3 aromatic carbocycles. The van der Waals surface area contributed by atoms with Gasteiger partial charge in [0.25, 0.3) is 0 Å². The maximum Gasteiger partial charge on any atom is 0.240 e. The molecule has 0 saturated heterocycles. The summed E-state index contributed by atoms with van der Waals surface area (Å²) in [5.74, 6) is 1.12. The molecule has 0 aliphatic carbocycles. The van der Waals surface area contributed by atoms with Gasteiger partial charge in [0.2, 0.25) is 11.8 Å². The van der Waals surface area contributed by atoms with Crippen LogP contribution in [0, 0.1) is 0 Å². The van der Waals surface area contributed by atoms with Crippen molar-refractivity contribution in [2.75, 3.05) is 18.5 Å². The van der Waals surface area contributed by atoms with Gasteiger partial charge in [-0.25, -0.2) is 5.43 Å². The second kappa shape index (κ2) is 15.0. The molecule has 0 aliphatic heterocycles. The van der Waals surface area contributed by atoms with Crippen molar-refractivity contribution in [2.24, 2.45) is 5.10 Å². The summed E-state index contributed by atoms with van der Waals surface area (Å²) >= 11 is 9.75. The van der Waals surface area contributed by atoms with E-state index in [9.17, 15) is 9.59 Å². The summed E-state index contributed by atoms with van der Waals surface area (Å²) in [7, 11) is 0. The van der Waals surface area contributed by atoms with Gasteiger partial charge in [0.1, 0.15) is 12.4 Å². The van der Waals surface area contributed by atoms with Gasteiger partial charge in [0, 0.05) is 29.1 Å². The third-order valence-corrected chi connectivity index (χ3v) is 6.05. The summed E-state index contributed by atoms with van der Waals surface area (Å²) in [5, 5.41) is 7.37. The monoisotopic (exact) mass is 601 g/mol. The van der Waals surface area contributed by atoms with Gasteiger partial charge >= 0.3 is 0 Å². The predicted octanol–water partition coefficient (Wildman–Crippen LogP) is 6.35. The number of carbonyl (C=O) groups excluding carboxylic acids is 2. The van der Waals surface area contributed by atoms with Crippen LogP contribution >= 0.6 is 27.5 Å². The van der Waals surface area contributed by atoms with E-state index in [1.54, 1.807) is 42.5 Å². The normalized spacial score (nSPS) is 10.7. The van der Waals surface area contributed by atoms with E-state index in [2.05, 4.69) is 31.8 Å². The van der Waals surface area contributed by atoms with E-state index in [4.69, 9.17) is 25.8 Å². The summed E-state index contributed by atoms with van der Waals surface area (Å²) in [6.07, 6.45) is 1.50. The van der Waals surface area contributed by atoms with Crippen LogP contribution in [0.4, 0.5) is 5.69 Å². The van der Waals surface area contributed by atoms with Crippen molar-refractivity contribution >= 4 is 51.2 Å². The number of hydrogen-bond donors (Lipinski definition) is 2. The lowest BCUT2D eigenvalue weighted by Crippen LogP contribution is -2.20. The van der Waals surface area contributed by atoms with Gasteiger partial charge in [-0.05, 0) is 77.8 Å². The van der Waals surface area contributed by atoms with E-state index in [-0.39, 0.29) is 31.3 Å². The Bertz CT molecular complexity index is 1270. The topological polar surface area (TPSA) is 98.2 Å². The highest BCUT2D eigenvalue weighted by molar-refractivity contribution is 9.10. The van der Waals surface area contributed by atoms with Gasteiger partial charge in [-0.2, -0.15) is 5.10 Å². The molecule has 0 atom stereocenters. The molecule has 0 fully saturated rings. The minimum absolute atomic E-state index is 0.0110. The second-order valence-corrected chi connectivity index (χ2v) is 9.20. The highest BCUT2D eigenvalue weighted by Crippen LogP contribution is 2.37. The molecule has 0 spiro atoms. The van der Waals surface area contributed by atoms with Crippen molar-refractivity contribution in [2.45, 2.75) is 33.3 Å². The SMILES string of the molecule is CCOc1ccc(NC(=O)CCC(=O)NN=Cc2cc(Br)c(OCc3ccccc3Cl)c(OCC)c2)cc1. The Morgan fingerprint density at radius 2 is 1.66 bits per heavy atom. The molecule has 0 unspecified atom stereocenters. The number of ether oxygens (including phenoxy) is 3. The van der Waals surface area contributed by atoms with Crippen molar-refractivity contribution in [3.05, 3.63) is 81.3 Å². The number of halogens is 2. The molecule has 0 aliphatic rings. The van der Waals surface area contributed by atoms with E-state index < -0.39 is 0 Å². The van der Waals surface area contributed by atoms with Crippen molar-refractivity contribution < 1.29 is 23.8 Å². The van der Waals surface area contributed by atoms with Crippen LogP contribution in [0.3, 0.4) is 0 Å². The summed E-state index contributed by atoms with van der Waals surface area (Å²) in [6, 6.07) is 18.0. The molecule has 0 saturated carbocycles. The first-order chi connectivity index (χ1) is 18.4. The Morgan fingerprint density at radius 3 is 2.37 bits per heavy atom. The molecule has 200 valence electrons. The zero-order chi connectivity index (χ0) is 27.3. The summed E-state index contributed by atoms with van der Waals surface area (Å²) in [6.45, 7) is 5.05. The minimum atomic E-state index is -0.383. The Hall–Kier alpha value is -3.56. The van der Waals surface area contributed by atoms with Crippen molar-refractivity contribution in [1.82, 2.24) is 5.43 Å². The lowest BCUT2D eigenvalue weighted by Gasteiger charge is -2.15. The zero-order valence-electron chi connectivity index (χ0n) is 21.1. The number of nitrogens with one attached hydrogen (secondary N) is 2. The Morgan fingerprint density at radius 1 is 0.947 bits per heavy atom. The summed E-state index contributed by atoms with van der Waals surface area (Å²) in [5.41, 5.74) is 4.61. The summed E-state index contributed by atoms with van der Waals surface area (Å²) < 4.78 is 17.8. The number of amides is 2. The fourth-order valence-electron chi connectivity index (χ4n) is 3.32. The van der Waals surface area contributed by atoms with Crippen molar-refractivity contribution in [3.63, 3.8) is 0 Å². The van der Waals surface area contributed by atoms with Crippen LogP contribution < -0.4 is 25.0 Å². The molecule has 0 radical (unpaired) electrons. The highest BCUT2D eigenvalue weighted by Gasteiger charge is 2.13. The number of benzene rings is 3. The second-order valence-electron chi connectivity index (χ2n) is 7.94. The van der Waals surface area contributed by atoms with Gasteiger partial charge in [0.05, 0.1) is 23.9 Å². The first-order valence-electron chi connectivity index (χ1n) is 12.1. The van der Waals surface area contributed by atoms with E-state index in [1.165, 1.54) is 6.21 Å². The zero-order valence-corrected chi connectivity index (χ0v) is 23.5.